The van der Waals surface area contributed by atoms with Crippen molar-refractivity contribution in [1.82, 2.24) is 0 Å². The van der Waals surface area contributed by atoms with Gasteiger partial charge in [-0.3, -0.25) is 4.79 Å². The lowest BCUT2D eigenvalue weighted by Crippen LogP contribution is -2.12. The van der Waals surface area contributed by atoms with Crippen LogP contribution in [0.1, 0.15) is 46.0 Å². The van der Waals surface area contributed by atoms with Crippen molar-refractivity contribution in [1.29, 1.82) is 0 Å². The molecule has 1 aliphatic heterocycles. The smallest absolute Gasteiger partial charge is 0.306 e. The molecule has 1 aliphatic rings. The molecule has 2 unspecified atom stereocenters. The first kappa shape index (κ1) is 13.2. The van der Waals surface area contributed by atoms with Gasteiger partial charge in [-0.15, -0.1) is 0 Å². The van der Waals surface area contributed by atoms with Crippen molar-refractivity contribution >= 4 is 5.97 Å². The summed E-state index contributed by atoms with van der Waals surface area (Å²) in [4.78, 5) is 11.0. The van der Waals surface area contributed by atoms with Crippen LogP contribution in [0.3, 0.4) is 0 Å². The Balaban J connectivity index is 2.19. The zero-order valence-electron chi connectivity index (χ0n) is 10.2. The highest BCUT2D eigenvalue weighted by molar-refractivity contribution is 5.72. The number of aliphatic hydroxyl groups is 1. The fraction of sp³-hybridized carbons (Fsp3) is 0.769. The van der Waals surface area contributed by atoms with E-state index in [4.69, 9.17) is 4.74 Å². The Morgan fingerprint density at radius 3 is 2.88 bits per heavy atom. The first-order chi connectivity index (χ1) is 7.63. The van der Waals surface area contributed by atoms with Crippen LogP contribution < -0.4 is 0 Å². The number of ether oxygens (including phenoxy) is 1. The number of cyclic esters (lactones) is 1. The van der Waals surface area contributed by atoms with Gasteiger partial charge in [0.05, 0.1) is 12.5 Å². The summed E-state index contributed by atoms with van der Waals surface area (Å²) in [7, 11) is 0. The van der Waals surface area contributed by atoms with Gasteiger partial charge in [-0.05, 0) is 12.8 Å². The molecule has 0 aromatic heterocycles. The van der Waals surface area contributed by atoms with Gasteiger partial charge in [-0.2, -0.15) is 0 Å². The van der Waals surface area contributed by atoms with E-state index in [0.717, 1.165) is 19.3 Å². The fourth-order valence-electron chi connectivity index (χ4n) is 1.94. The van der Waals surface area contributed by atoms with Crippen molar-refractivity contribution in [2.24, 2.45) is 5.92 Å². The number of esters is 1. The molecule has 0 spiro atoms. The summed E-state index contributed by atoms with van der Waals surface area (Å²) in [6.07, 6.45) is 7.66. The lowest BCUT2D eigenvalue weighted by molar-refractivity contribution is -0.141. The molecule has 0 radical (unpaired) electrons. The van der Waals surface area contributed by atoms with E-state index in [1.54, 1.807) is 0 Å². The van der Waals surface area contributed by atoms with E-state index < -0.39 is 0 Å². The predicted molar refractivity (Wildman–Crippen MR) is 62.9 cm³/mol. The molecule has 0 amide bonds. The molecule has 0 saturated carbocycles. The van der Waals surface area contributed by atoms with Gasteiger partial charge < -0.3 is 9.84 Å². The SMILES string of the molecule is CCC[C@H](O)C/C=C\CC1OC(=O)CC1C. The van der Waals surface area contributed by atoms with Crippen LogP contribution >= 0.6 is 0 Å². The Morgan fingerprint density at radius 1 is 1.56 bits per heavy atom. The first-order valence-electron chi connectivity index (χ1n) is 6.16. The Bertz CT molecular complexity index is 248. The first-order valence-corrected chi connectivity index (χ1v) is 6.16. The third kappa shape index (κ3) is 4.35. The van der Waals surface area contributed by atoms with Crippen molar-refractivity contribution in [2.45, 2.75) is 58.2 Å². The highest BCUT2D eigenvalue weighted by Gasteiger charge is 2.29. The maximum Gasteiger partial charge on any atom is 0.306 e. The second kappa shape index (κ2) is 6.69. The summed E-state index contributed by atoms with van der Waals surface area (Å²) in [5.41, 5.74) is 0. The molecule has 3 nitrogen and oxygen atoms in total. The van der Waals surface area contributed by atoms with Crippen LogP contribution in [-0.4, -0.2) is 23.3 Å². The van der Waals surface area contributed by atoms with Gasteiger partial charge in [0.15, 0.2) is 0 Å². The molecule has 0 aromatic carbocycles. The molecule has 3 atom stereocenters. The van der Waals surface area contributed by atoms with Gasteiger partial charge in [-0.25, -0.2) is 0 Å². The van der Waals surface area contributed by atoms with Crippen LogP contribution in [0.15, 0.2) is 12.2 Å². The summed E-state index contributed by atoms with van der Waals surface area (Å²) in [5.74, 6) is 0.231. The van der Waals surface area contributed by atoms with Crippen LogP contribution in [0, 0.1) is 5.92 Å². The lowest BCUT2D eigenvalue weighted by atomic mass is 10.0. The third-order valence-electron chi connectivity index (χ3n) is 2.97. The minimum absolute atomic E-state index is 0.0343. The molecule has 1 N–H and O–H groups in total. The normalized spacial score (nSPS) is 27.3. The minimum Gasteiger partial charge on any atom is -0.462 e. The minimum atomic E-state index is -0.232. The Morgan fingerprint density at radius 2 is 2.31 bits per heavy atom. The number of hydrogen-bond donors (Lipinski definition) is 1. The molecule has 3 heteroatoms. The molecule has 0 bridgehead atoms. The topological polar surface area (TPSA) is 46.5 Å². The van der Waals surface area contributed by atoms with Gasteiger partial charge in [0.2, 0.25) is 0 Å². The van der Waals surface area contributed by atoms with Crippen molar-refractivity contribution in [3.8, 4) is 0 Å². The van der Waals surface area contributed by atoms with Gasteiger partial charge in [-0.1, -0.05) is 32.4 Å². The van der Waals surface area contributed by atoms with E-state index >= 15 is 0 Å². The number of hydrogen-bond acceptors (Lipinski definition) is 3. The fourth-order valence-corrected chi connectivity index (χ4v) is 1.94. The molecule has 0 aromatic rings. The van der Waals surface area contributed by atoms with Crippen molar-refractivity contribution in [3.63, 3.8) is 0 Å². The zero-order chi connectivity index (χ0) is 12.0. The van der Waals surface area contributed by atoms with Gasteiger partial charge in [0.1, 0.15) is 6.10 Å². The number of carbonyl (C=O) groups is 1. The van der Waals surface area contributed by atoms with Gasteiger partial charge in [0.25, 0.3) is 0 Å². The van der Waals surface area contributed by atoms with Crippen LogP contribution in [0.2, 0.25) is 0 Å². The van der Waals surface area contributed by atoms with E-state index in [1.807, 2.05) is 19.1 Å². The molecular weight excluding hydrogens is 204 g/mol. The highest BCUT2D eigenvalue weighted by Crippen LogP contribution is 2.24. The molecule has 16 heavy (non-hydrogen) atoms. The molecule has 1 fully saturated rings. The summed E-state index contributed by atoms with van der Waals surface area (Å²) in [6.45, 7) is 4.10. The second-order valence-electron chi connectivity index (χ2n) is 4.60. The Labute approximate surface area is 97.5 Å². The summed E-state index contributed by atoms with van der Waals surface area (Å²) in [6, 6.07) is 0. The van der Waals surface area contributed by atoms with Crippen molar-refractivity contribution in [3.05, 3.63) is 12.2 Å². The van der Waals surface area contributed by atoms with Crippen LogP contribution in [0.25, 0.3) is 0 Å². The molecular formula is C13H22O3. The Hall–Kier alpha value is -0.830. The molecule has 1 heterocycles. The van der Waals surface area contributed by atoms with Crippen molar-refractivity contribution in [2.75, 3.05) is 0 Å². The number of rotatable bonds is 6. The van der Waals surface area contributed by atoms with Crippen LogP contribution in [0.4, 0.5) is 0 Å². The van der Waals surface area contributed by atoms with E-state index in [0.29, 0.717) is 18.8 Å². The lowest BCUT2D eigenvalue weighted by Gasteiger charge is -2.10. The predicted octanol–water partition coefficient (Wildman–Crippen LogP) is 2.44. The molecule has 92 valence electrons. The van der Waals surface area contributed by atoms with E-state index in [-0.39, 0.29) is 18.2 Å². The van der Waals surface area contributed by atoms with Gasteiger partial charge in [0, 0.05) is 12.3 Å². The van der Waals surface area contributed by atoms with Crippen molar-refractivity contribution < 1.29 is 14.6 Å². The monoisotopic (exact) mass is 226 g/mol. The molecule has 1 rings (SSSR count). The third-order valence-corrected chi connectivity index (χ3v) is 2.97. The maximum absolute atomic E-state index is 11.0. The zero-order valence-corrected chi connectivity index (χ0v) is 10.2. The maximum atomic E-state index is 11.0. The second-order valence-corrected chi connectivity index (χ2v) is 4.60. The standard InChI is InChI=1S/C13H22O3/c1-3-6-11(14)7-4-5-8-12-10(2)9-13(15)16-12/h4-5,10-12,14H,3,6-9H2,1-2H3/b5-4-/t10?,11-,12?/m0/s1. The Kier molecular flexibility index (Phi) is 5.53. The highest BCUT2D eigenvalue weighted by atomic mass is 16.5. The summed E-state index contributed by atoms with van der Waals surface area (Å²) in [5, 5.41) is 9.50. The van der Waals surface area contributed by atoms with Crippen LogP contribution in [-0.2, 0) is 9.53 Å². The number of carbonyl (C=O) groups excluding carboxylic acids is 1. The van der Waals surface area contributed by atoms with E-state index in [2.05, 4.69) is 6.92 Å². The van der Waals surface area contributed by atoms with E-state index in [1.165, 1.54) is 0 Å². The average Bonchev–Trinajstić information content (AvgIpc) is 2.53. The summed E-state index contributed by atoms with van der Waals surface area (Å²) >= 11 is 0. The average molecular weight is 226 g/mol. The quantitative estimate of drug-likeness (QED) is 0.559. The van der Waals surface area contributed by atoms with Crippen LogP contribution in [0.5, 0.6) is 0 Å². The largest absolute Gasteiger partial charge is 0.462 e. The molecule has 0 aliphatic carbocycles. The van der Waals surface area contributed by atoms with Gasteiger partial charge >= 0.3 is 5.97 Å². The molecule has 1 saturated heterocycles. The van der Waals surface area contributed by atoms with E-state index in [9.17, 15) is 9.90 Å². The summed E-state index contributed by atoms with van der Waals surface area (Å²) < 4.78 is 5.18. The number of aliphatic hydroxyl groups excluding tert-OH is 1.